The van der Waals surface area contributed by atoms with Gasteiger partial charge in [0.05, 0.1) is 11.5 Å². The number of nitrogens with zero attached hydrogens (tertiary/aromatic N) is 3. The molecule has 0 saturated carbocycles. The Kier molecular flexibility index (Phi) is 5.64. The maximum atomic E-state index is 11.6. The zero-order chi connectivity index (χ0) is 19.6. The predicted octanol–water partition coefficient (Wildman–Crippen LogP) is 1.21. The number of hydrogen-bond acceptors (Lipinski definition) is 7. The van der Waals surface area contributed by atoms with Crippen LogP contribution in [0.3, 0.4) is 0 Å². The molecule has 0 radical (unpaired) electrons. The van der Waals surface area contributed by atoms with Crippen molar-refractivity contribution < 1.29 is 13.5 Å². The van der Waals surface area contributed by atoms with Crippen LogP contribution in [0.25, 0.3) is 0 Å². The van der Waals surface area contributed by atoms with Crippen LogP contribution >= 0.6 is 0 Å². The van der Waals surface area contributed by atoms with Gasteiger partial charge >= 0.3 is 0 Å². The molecule has 146 valence electrons. The first-order valence-corrected chi connectivity index (χ1v) is 10.5. The summed E-state index contributed by atoms with van der Waals surface area (Å²) in [5.41, 5.74) is 2.05. The van der Waals surface area contributed by atoms with Gasteiger partial charge in [0, 0.05) is 31.6 Å². The third-order valence-corrected chi connectivity index (χ3v) is 5.42. The third-order valence-electron chi connectivity index (χ3n) is 4.51. The van der Waals surface area contributed by atoms with Crippen LogP contribution in [-0.4, -0.2) is 43.2 Å². The summed E-state index contributed by atoms with van der Waals surface area (Å²) < 4.78 is 23.3. The zero-order valence-corrected chi connectivity index (χ0v) is 16.3. The monoisotopic (exact) mass is 391 g/mol. The lowest BCUT2D eigenvalue weighted by molar-refractivity contribution is 0.311. The summed E-state index contributed by atoms with van der Waals surface area (Å²) in [4.78, 5) is 11.4. The smallest absolute Gasteiger partial charge is 0.238 e. The highest BCUT2D eigenvalue weighted by molar-refractivity contribution is 7.89. The number of anilines is 2. The molecule has 4 N–H and O–H groups in total. The molecule has 1 aromatic carbocycles. The van der Waals surface area contributed by atoms with Crippen molar-refractivity contribution in [3.05, 3.63) is 41.2 Å². The minimum absolute atomic E-state index is 0.0176. The van der Waals surface area contributed by atoms with Gasteiger partial charge in [0.15, 0.2) is 0 Å². The number of rotatable bonds is 6. The van der Waals surface area contributed by atoms with Gasteiger partial charge in [-0.15, -0.1) is 0 Å². The van der Waals surface area contributed by atoms with Gasteiger partial charge in [-0.1, -0.05) is 19.9 Å². The molecule has 0 unspecified atom stereocenters. The second-order valence-electron chi connectivity index (χ2n) is 6.92. The summed E-state index contributed by atoms with van der Waals surface area (Å²) in [7, 11) is -3.73. The first kappa shape index (κ1) is 19.5. The zero-order valence-electron chi connectivity index (χ0n) is 15.5. The van der Waals surface area contributed by atoms with Gasteiger partial charge in [0.1, 0.15) is 17.5 Å². The Balaban J connectivity index is 1.92. The Bertz CT molecular complexity index is 931. The molecule has 0 atom stereocenters. The summed E-state index contributed by atoms with van der Waals surface area (Å²) in [5.74, 6) is 2.32. The van der Waals surface area contributed by atoms with Gasteiger partial charge in [-0.05, 0) is 29.7 Å². The highest BCUT2D eigenvalue weighted by Gasteiger charge is 2.21. The second kappa shape index (κ2) is 7.79. The van der Waals surface area contributed by atoms with Crippen LogP contribution in [-0.2, 0) is 23.0 Å². The van der Waals surface area contributed by atoms with Crippen molar-refractivity contribution in [2.24, 2.45) is 5.14 Å². The number of aliphatic hydroxyl groups excluding tert-OH is 1. The van der Waals surface area contributed by atoms with Crippen LogP contribution in [0.2, 0.25) is 0 Å². The normalized spacial score (nSPS) is 14.3. The van der Waals surface area contributed by atoms with Crippen LogP contribution in [0.5, 0.6) is 0 Å². The van der Waals surface area contributed by atoms with Crippen LogP contribution < -0.4 is 15.4 Å². The van der Waals surface area contributed by atoms with E-state index in [0.717, 1.165) is 35.7 Å². The fourth-order valence-electron chi connectivity index (χ4n) is 3.05. The molecule has 9 heteroatoms. The lowest BCUT2D eigenvalue weighted by Gasteiger charge is -2.30. The molecule has 0 amide bonds. The highest BCUT2D eigenvalue weighted by Crippen LogP contribution is 2.27. The van der Waals surface area contributed by atoms with Crippen molar-refractivity contribution in [1.29, 1.82) is 0 Å². The quantitative estimate of drug-likeness (QED) is 0.677. The number of fused-ring (bicyclic) bond motifs is 1. The Morgan fingerprint density at radius 1 is 1.26 bits per heavy atom. The van der Waals surface area contributed by atoms with E-state index in [1.54, 1.807) is 12.1 Å². The van der Waals surface area contributed by atoms with Crippen molar-refractivity contribution in [3.8, 4) is 0 Å². The van der Waals surface area contributed by atoms with Gasteiger partial charge in [-0.2, -0.15) is 0 Å². The molecule has 2 heterocycles. The number of benzene rings is 1. The largest absolute Gasteiger partial charge is 0.395 e. The maximum Gasteiger partial charge on any atom is 0.238 e. The van der Waals surface area contributed by atoms with Gasteiger partial charge in [0.25, 0.3) is 0 Å². The van der Waals surface area contributed by atoms with Crippen LogP contribution in [0.1, 0.15) is 36.7 Å². The van der Waals surface area contributed by atoms with Crippen LogP contribution in [0.15, 0.2) is 29.2 Å². The van der Waals surface area contributed by atoms with E-state index >= 15 is 0 Å². The topological polar surface area (TPSA) is 121 Å². The standard InChI is InChI=1S/C18H25N5O3S/c1-12(2)18-21-16(20-6-8-24)10-17(22-18)23-7-5-13-3-4-15(27(19,25)26)9-14(13)11-23/h3-4,9-10,12,24H,5-8,11H2,1-2H3,(H2,19,25,26)(H,20,21,22). The van der Waals surface area contributed by atoms with E-state index in [9.17, 15) is 8.42 Å². The molecule has 0 saturated heterocycles. The Labute approximate surface area is 159 Å². The molecule has 0 fully saturated rings. The summed E-state index contributed by atoms with van der Waals surface area (Å²) >= 11 is 0. The van der Waals surface area contributed by atoms with Crippen molar-refractivity contribution in [1.82, 2.24) is 9.97 Å². The van der Waals surface area contributed by atoms with E-state index in [2.05, 4.69) is 20.2 Å². The van der Waals surface area contributed by atoms with Crippen LogP contribution in [0.4, 0.5) is 11.6 Å². The van der Waals surface area contributed by atoms with Crippen molar-refractivity contribution in [2.45, 2.75) is 37.6 Å². The molecule has 3 rings (SSSR count). The maximum absolute atomic E-state index is 11.6. The molecular formula is C18H25N5O3S. The molecule has 1 aliphatic rings. The molecule has 0 bridgehead atoms. The number of aliphatic hydroxyl groups is 1. The van der Waals surface area contributed by atoms with E-state index < -0.39 is 10.0 Å². The van der Waals surface area contributed by atoms with E-state index in [-0.39, 0.29) is 17.4 Å². The fourth-order valence-corrected chi connectivity index (χ4v) is 3.62. The number of sulfonamides is 1. The van der Waals surface area contributed by atoms with Gasteiger partial charge in [-0.3, -0.25) is 0 Å². The number of aromatic nitrogens is 2. The Hall–Kier alpha value is -2.23. The third kappa shape index (κ3) is 4.55. The SMILES string of the molecule is CC(C)c1nc(NCCO)cc(N2CCc3ccc(S(N)(=O)=O)cc3C2)n1. The molecule has 0 aliphatic carbocycles. The first-order chi connectivity index (χ1) is 12.8. The van der Waals surface area contributed by atoms with Crippen LogP contribution in [0, 0.1) is 0 Å². The van der Waals surface area contributed by atoms with E-state index in [1.165, 1.54) is 0 Å². The lowest BCUT2D eigenvalue weighted by atomic mass is 10.00. The summed E-state index contributed by atoms with van der Waals surface area (Å²) in [6, 6.07) is 6.89. The molecule has 8 nitrogen and oxygen atoms in total. The summed E-state index contributed by atoms with van der Waals surface area (Å²) in [5, 5.41) is 17.4. The number of hydrogen-bond donors (Lipinski definition) is 3. The van der Waals surface area contributed by atoms with E-state index in [4.69, 9.17) is 10.2 Å². The fraction of sp³-hybridized carbons (Fsp3) is 0.444. The Morgan fingerprint density at radius 2 is 2.04 bits per heavy atom. The molecule has 1 aliphatic heterocycles. The summed E-state index contributed by atoms with van der Waals surface area (Å²) in [6.07, 6.45) is 0.792. The molecular weight excluding hydrogens is 366 g/mol. The molecule has 27 heavy (non-hydrogen) atoms. The lowest BCUT2D eigenvalue weighted by Crippen LogP contribution is -2.32. The van der Waals surface area contributed by atoms with Gasteiger partial charge in [-0.25, -0.2) is 23.5 Å². The number of primary sulfonamides is 1. The van der Waals surface area contributed by atoms with Crippen molar-refractivity contribution in [3.63, 3.8) is 0 Å². The van der Waals surface area contributed by atoms with E-state index in [0.29, 0.717) is 18.9 Å². The van der Waals surface area contributed by atoms with Crippen molar-refractivity contribution in [2.75, 3.05) is 29.9 Å². The number of nitrogens with two attached hydrogens (primary N) is 1. The average molecular weight is 391 g/mol. The average Bonchev–Trinajstić information content (AvgIpc) is 2.64. The minimum Gasteiger partial charge on any atom is -0.395 e. The second-order valence-corrected chi connectivity index (χ2v) is 8.48. The minimum atomic E-state index is -3.73. The molecule has 2 aromatic rings. The van der Waals surface area contributed by atoms with Crippen molar-refractivity contribution >= 4 is 21.7 Å². The molecule has 0 spiro atoms. The number of nitrogens with one attached hydrogen (secondary N) is 1. The first-order valence-electron chi connectivity index (χ1n) is 8.91. The highest BCUT2D eigenvalue weighted by atomic mass is 32.2. The Morgan fingerprint density at radius 3 is 2.70 bits per heavy atom. The van der Waals surface area contributed by atoms with Gasteiger partial charge in [0.2, 0.25) is 10.0 Å². The summed E-state index contributed by atoms with van der Waals surface area (Å²) in [6.45, 7) is 5.80. The molecule has 1 aromatic heterocycles. The predicted molar refractivity (Wildman–Crippen MR) is 104 cm³/mol. The van der Waals surface area contributed by atoms with E-state index in [1.807, 2.05) is 26.0 Å². The van der Waals surface area contributed by atoms with Gasteiger partial charge < -0.3 is 15.3 Å².